The van der Waals surface area contributed by atoms with Gasteiger partial charge < -0.3 is 5.73 Å². The maximum Gasteiger partial charge on any atom is 0.123 e. The summed E-state index contributed by atoms with van der Waals surface area (Å²) in [4.78, 5) is 0. The van der Waals surface area contributed by atoms with E-state index in [1.54, 1.807) is 12.1 Å². The van der Waals surface area contributed by atoms with Gasteiger partial charge in [0.15, 0.2) is 0 Å². The Bertz CT molecular complexity index is 491. The van der Waals surface area contributed by atoms with E-state index in [0.717, 1.165) is 17.5 Å². The molecular formula is C15H16FN. The minimum atomic E-state index is -0.210. The molecule has 2 rings (SSSR count). The Morgan fingerprint density at radius 1 is 1.06 bits per heavy atom. The standard InChI is InChI=1S/C15H16FN/c1-11-4-2-3-5-14(11)15(17)10-12-6-8-13(16)9-7-12/h2-9,15H,10,17H2,1H3. The Labute approximate surface area is 101 Å². The maximum atomic E-state index is 12.8. The summed E-state index contributed by atoms with van der Waals surface area (Å²) in [5, 5.41) is 0. The average molecular weight is 229 g/mol. The van der Waals surface area contributed by atoms with Crippen molar-refractivity contribution < 1.29 is 4.39 Å². The highest BCUT2D eigenvalue weighted by atomic mass is 19.1. The molecule has 0 saturated carbocycles. The van der Waals surface area contributed by atoms with Gasteiger partial charge in [0.25, 0.3) is 0 Å². The van der Waals surface area contributed by atoms with Crippen LogP contribution in [0.4, 0.5) is 4.39 Å². The fourth-order valence-corrected chi connectivity index (χ4v) is 1.99. The summed E-state index contributed by atoms with van der Waals surface area (Å²) >= 11 is 0. The predicted octanol–water partition coefficient (Wildman–Crippen LogP) is 3.38. The van der Waals surface area contributed by atoms with Gasteiger partial charge in [-0.25, -0.2) is 4.39 Å². The van der Waals surface area contributed by atoms with E-state index in [9.17, 15) is 4.39 Å². The van der Waals surface area contributed by atoms with Gasteiger partial charge in [-0.2, -0.15) is 0 Å². The molecule has 0 aromatic heterocycles. The summed E-state index contributed by atoms with van der Waals surface area (Å²) in [6, 6.07) is 14.6. The van der Waals surface area contributed by atoms with E-state index < -0.39 is 0 Å². The molecule has 0 fully saturated rings. The smallest absolute Gasteiger partial charge is 0.123 e. The lowest BCUT2D eigenvalue weighted by atomic mass is 9.96. The fraction of sp³-hybridized carbons (Fsp3) is 0.200. The molecule has 88 valence electrons. The molecule has 0 aliphatic rings. The molecule has 0 spiro atoms. The van der Waals surface area contributed by atoms with Crippen molar-refractivity contribution in [1.82, 2.24) is 0 Å². The minimum Gasteiger partial charge on any atom is -0.324 e. The zero-order valence-corrected chi connectivity index (χ0v) is 9.86. The summed E-state index contributed by atoms with van der Waals surface area (Å²) in [7, 11) is 0. The van der Waals surface area contributed by atoms with E-state index in [4.69, 9.17) is 5.73 Å². The Hall–Kier alpha value is -1.67. The molecule has 1 atom stereocenters. The van der Waals surface area contributed by atoms with Crippen molar-refractivity contribution >= 4 is 0 Å². The zero-order chi connectivity index (χ0) is 12.3. The zero-order valence-electron chi connectivity index (χ0n) is 9.86. The molecule has 2 N–H and O–H groups in total. The summed E-state index contributed by atoms with van der Waals surface area (Å²) in [6.07, 6.45) is 0.727. The number of hydrogen-bond acceptors (Lipinski definition) is 1. The second-order valence-corrected chi connectivity index (χ2v) is 4.29. The van der Waals surface area contributed by atoms with E-state index >= 15 is 0 Å². The maximum absolute atomic E-state index is 12.8. The first-order chi connectivity index (χ1) is 8.16. The van der Waals surface area contributed by atoms with Crippen molar-refractivity contribution in [2.75, 3.05) is 0 Å². The second kappa shape index (κ2) is 5.11. The Morgan fingerprint density at radius 3 is 2.35 bits per heavy atom. The predicted molar refractivity (Wildman–Crippen MR) is 68.2 cm³/mol. The fourth-order valence-electron chi connectivity index (χ4n) is 1.99. The first-order valence-electron chi connectivity index (χ1n) is 5.72. The van der Waals surface area contributed by atoms with Crippen LogP contribution in [-0.2, 0) is 6.42 Å². The van der Waals surface area contributed by atoms with E-state index in [1.165, 1.54) is 17.7 Å². The Kier molecular flexibility index (Phi) is 3.55. The number of rotatable bonds is 3. The lowest BCUT2D eigenvalue weighted by Gasteiger charge is -2.14. The highest BCUT2D eigenvalue weighted by Crippen LogP contribution is 2.19. The molecule has 1 unspecified atom stereocenters. The van der Waals surface area contributed by atoms with Gasteiger partial charge in [0.2, 0.25) is 0 Å². The third-order valence-electron chi connectivity index (χ3n) is 2.96. The summed E-state index contributed by atoms with van der Waals surface area (Å²) in [6.45, 7) is 2.06. The third kappa shape index (κ3) is 2.92. The molecule has 0 aliphatic carbocycles. The largest absolute Gasteiger partial charge is 0.324 e. The van der Waals surface area contributed by atoms with E-state index in [1.807, 2.05) is 18.2 Å². The van der Waals surface area contributed by atoms with Crippen molar-refractivity contribution in [3.63, 3.8) is 0 Å². The van der Waals surface area contributed by atoms with E-state index in [0.29, 0.717) is 0 Å². The molecule has 1 nitrogen and oxygen atoms in total. The van der Waals surface area contributed by atoms with E-state index in [-0.39, 0.29) is 11.9 Å². The van der Waals surface area contributed by atoms with Gasteiger partial charge in [-0.05, 0) is 42.2 Å². The Balaban J connectivity index is 2.14. The van der Waals surface area contributed by atoms with Crippen molar-refractivity contribution in [3.8, 4) is 0 Å². The molecule has 0 bridgehead atoms. The summed E-state index contributed by atoms with van der Waals surface area (Å²) in [5.74, 6) is -0.210. The van der Waals surface area contributed by atoms with Gasteiger partial charge in [0, 0.05) is 6.04 Å². The minimum absolute atomic E-state index is 0.0401. The molecule has 0 amide bonds. The van der Waals surface area contributed by atoms with Crippen LogP contribution in [0.3, 0.4) is 0 Å². The number of nitrogens with two attached hydrogens (primary N) is 1. The SMILES string of the molecule is Cc1ccccc1C(N)Cc1ccc(F)cc1. The van der Waals surface area contributed by atoms with Gasteiger partial charge >= 0.3 is 0 Å². The van der Waals surface area contributed by atoms with Crippen LogP contribution in [0.15, 0.2) is 48.5 Å². The third-order valence-corrected chi connectivity index (χ3v) is 2.96. The number of aryl methyl sites for hydroxylation is 1. The normalized spacial score (nSPS) is 12.4. The molecular weight excluding hydrogens is 213 g/mol. The first-order valence-corrected chi connectivity index (χ1v) is 5.72. The average Bonchev–Trinajstić information content (AvgIpc) is 2.32. The molecule has 0 radical (unpaired) electrons. The molecule has 2 aromatic rings. The van der Waals surface area contributed by atoms with Crippen LogP contribution in [-0.4, -0.2) is 0 Å². The summed E-state index contributed by atoms with van der Waals surface area (Å²) in [5.41, 5.74) is 9.58. The van der Waals surface area contributed by atoms with Crippen molar-refractivity contribution in [2.45, 2.75) is 19.4 Å². The summed E-state index contributed by atoms with van der Waals surface area (Å²) < 4.78 is 12.8. The van der Waals surface area contributed by atoms with Crippen molar-refractivity contribution in [1.29, 1.82) is 0 Å². The number of hydrogen-bond donors (Lipinski definition) is 1. The van der Waals surface area contributed by atoms with Crippen LogP contribution < -0.4 is 5.73 Å². The van der Waals surface area contributed by atoms with Gasteiger partial charge in [-0.3, -0.25) is 0 Å². The molecule has 2 aromatic carbocycles. The first kappa shape index (κ1) is 11.8. The number of halogens is 1. The van der Waals surface area contributed by atoms with Crippen molar-refractivity contribution in [2.24, 2.45) is 5.73 Å². The monoisotopic (exact) mass is 229 g/mol. The van der Waals surface area contributed by atoms with Gasteiger partial charge in [0.05, 0.1) is 0 Å². The lowest BCUT2D eigenvalue weighted by molar-refractivity contribution is 0.625. The Morgan fingerprint density at radius 2 is 1.71 bits per heavy atom. The van der Waals surface area contributed by atoms with Crippen LogP contribution in [0.25, 0.3) is 0 Å². The van der Waals surface area contributed by atoms with Crippen molar-refractivity contribution in [3.05, 3.63) is 71.0 Å². The topological polar surface area (TPSA) is 26.0 Å². The highest BCUT2D eigenvalue weighted by Gasteiger charge is 2.09. The molecule has 17 heavy (non-hydrogen) atoms. The second-order valence-electron chi connectivity index (χ2n) is 4.29. The van der Waals surface area contributed by atoms with Crippen LogP contribution >= 0.6 is 0 Å². The highest BCUT2D eigenvalue weighted by molar-refractivity contribution is 5.30. The lowest BCUT2D eigenvalue weighted by Crippen LogP contribution is -2.14. The molecule has 0 heterocycles. The van der Waals surface area contributed by atoms with Gasteiger partial charge in [-0.1, -0.05) is 36.4 Å². The van der Waals surface area contributed by atoms with E-state index in [2.05, 4.69) is 13.0 Å². The quantitative estimate of drug-likeness (QED) is 0.858. The molecule has 0 saturated heterocycles. The van der Waals surface area contributed by atoms with Crippen LogP contribution in [0.1, 0.15) is 22.7 Å². The van der Waals surface area contributed by atoms with Crippen LogP contribution in [0.2, 0.25) is 0 Å². The van der Waals surface area contributed by atoms with Crippen LogP contribution in [0, 0.1) is 12.7 Å². The van der Waals surface area contributed by atoms with Gasteiger partial charge in [-0.15, -0.1) is 0 Å². The molecule has 0 aliphatic heterocycles. The molecule has 2 heteroatoms. The van der Waals surface area contributed by atoms with Crippen LogP contribution in [0.5, 0.6) is 0 Å². The number of benzene rings is 2. The van der Waals surface area contributed by atoms with Gasteiger partial charge in [0.1, 0.15) is 5.82 Å².